The number of ether oxygens (including phenoxy) is 1. The lowest BCUT2D eigenvalue weighted by Gasteiger charge is -2.07. The Labute approximate surface area is 80.1 Å². The van der Waals surface area contributed by atoms with Crippen LogP contribution in [0.5, 0.6) is 0 Å². The molecule has 3 heteroatoms. The van der Waals surface area contributed by atoms with Crippen LogP contribution >= 0.6 is 15.9 Å². The van der Waals surface area contributed by atoms with Crippen LogP contribution in [0.2, 0.25) is 0 Å². The molecule has 0 saturated carbocycles. The molecule has 1 fully saturated rings. The molecule has 0 N–H and O–H groups in total. The Morgan fingerprint density at radius 1 is 1.50 bits per heavy atom. The molecule has 0 spiro atoms. The van der Waals surface area contributed by atoms with Gasteiger partial charge < -0.3 is 4.74 Å². The van der Waals surface area contributed by atoms with Crippen molar-refractivity contribution >= 4 is 15.9 Å². The number of aromatic nitrogens is 1. The lowest BCUT2D eigenvalue weighted by Crippen LogP contribution is -1.95. The van der Waals surface area contributed by atoms with Gasteiger partial charge in [0.2, 0.25) is 0 Å². The lowest BCUT2D eigenvalue weighted by atomic mass is 10.1. The fraction of sp³-hybridized carbons (Fsp3) is 0.444. The van der Waals surface area contributed by atoms with Crippen molar-refractivity contribution in [3.05, 3.63) is 28.5 Å². The van der Waals surface area contributed by atoms with Crippen molar-refractivity contribution in [1.29, 1.82) is 0 Å². The zero-order chi connectivity index (χ0) is 8.39. The van der Waals surface area contributed by atoms with E-state index in [2.05, 4.69) is 27.0 Å². The molecule has 1 saturated heterocycles. The number of nitrogens with zero attached hydrogens (tertiary/aromatic N) is 1. The van der Waals surface area contributed by atoms with Crippen LogP contribution in [0.3, 0.4) is 0 Å². The molecule has 12 heavy (non-hydrogen) atoms. The van der Waals surface area contributed by atoms with E-state index in [1.807, 2.05) is 12.3 Å². The number of rotatable bonds is 1. The minimum Gasteiger partial charge on any atom is -0.373 e. The Balaban J connectivity index is 2.17. The number of halogens is 1. The maximum atomic E-state index is 5.52. The van der Waals surface area contributed by atoms with Gasteiger partial charge >= 0.3 is 0 Å². The maximum Gasteiger partial charge on any atom is 0.106 e. The first-order valence-corrected chi connectivity index (χ1v) is 4.88. The lowest BCUT2D eigenvalue weighted by molar-refractivity contribution is 0.111. The normalized spacial score (nSPS) is 22.9. The van der Waals surface area contributed by atoms with Gasteiger partial charge in [-0.2, -0.15) is 0 Å². The highest BCUT2D eigenvalue weighted by molar-refractivity contribution is 9.10. The summed E-state index contributed by atoms with van der Waals surface area (Å²) in [6, 6.07) is 4.02. The zero-order valence-corrected chi connectivity index (χ0v) is 8.25. The summed E-state index contributed by atoms with van der Waals surface area (Å²) in [4.78, 5) is 4.16. The van der Waals surface area contributed by atoms with E-state index < -0.39 is 0 Å². The molecule has 0 aromatic carbocycles. The Hall–Kier alpha value is -0.410. The first-order chi connectivity index (χ1) is 5.86. The van der Waals surface area contributed by atoms with Crippen LogP contribution in [0.1, 0.15) is 24.5 Å². The van der Waals surface area contributed by atoms with Gasteiger partial charge in [0.15, 0.2) is 0 Å². The van der Waals surface area contributed by atoms with Crippen molar-refractivity contribution in [2.24, 2.45) is 0 Å². The van der Waals surface area contributed by atoms with E-state index in [1.165, 1.54) is 12.0 Å². The van der Waals surface area contributed by atoms with Gasteiger partial charge in [0, 0.05) is 12.8 Å². The van der Waals surface area contributed by atoms with Gasteiger partial charge in [0.25, 0.3) is 0 Å². The van der Waals surface area contributed by atoms with E-state index in [-0.39, 0.29) is 6.10 Å². The van der Waals surface area contributed by atoms with Crippen molar-refractivity contribution in [1.82, 2.24) is 4.98 Å². The van der Waals surface area contributed by atoms with Crippen molar-refractivity contribution in [2.75, 3.05) is 6.61 Å². The van der Waals surface area contributed by atoms with Gasteiger partial charge in [-0.1, -0.05) is 6.07 Å². The Morgan fingerprint density at radius 3 is 3.00 bits per heavy atom. The highest BCUT2D eigenvalue weighted by atomic mass is 79.9. The topological polar surface area (TPSA) is 22.1 Å². The molecule has 1 unspecified atom stereocenters. The average Bonchev–Trinajstić information content (AvgIpc) is 2.58. The van der Waals surface area contributed by atoms with E-state index in [4.69, 9.17) is 4.74 Å². The average molecular weight is 228 g/mol. The molecule has 2 rings (SSSR count). The zero-order valence-electron chi connectivity index (χ0n) is 6.66. The smallest absolute Gasteiger partial charge is 0.106 e. The Morgan fingerprint density at radius 2 is 2.42 bits per heavy atom. The number of hydrogen-bond donors (Lipinski definition) is 0. The Kier molecular flexibility index (Phi) is 2.42. The van der Waals surface area contributed by atoms with Crippen LogP contribution in [0.25, 0.3) is 0 Å². The van der Waals surface area contributed by atoms with Crippen molar-refractivity contribution in [3.63, 3.8) is 0 Å². The fourth-order valence-corrected chi connectivity index (χ4v) is 1.65. The van der Waals surface area contributed by atoms with Crippen LogP contribution < -0.4 is 0 Å². The summed E-state index contributed by atoms with van der Waals surface area (Å²) >= 11 is 3.30. The molecular formula is C9H10BrNO. The predicted molar refractivity (Wildman–Crippen MR) is 49.9 cm³/mol. The molecule has 2 nitrogen and oxygen atoms in total. The molecule has 1 aliphatic heterocycles. The third-order valence-corrected chi connectivity index (χ3v) is 2.52. The van der Waals surface area contributed by atoms with Crippen LogP contribution in [0.15, 0.2) is 22.9 Å². The summed E-state index contributed by atoms with van der Waals surface area (Å²) in [6.45, 7) is 0.890. The van der Waals surface area contributed by atoms with Gasteiger partial charge in [-0.15, -0.1) is 0 Å². The van der Waals surface area contributed by atoms with Crippen molar-refractivity contribution in [2.45, 2.75) is 18.9 Å². The van der Waals surface area contributed by atoms with Gasteiger partial charge in [-0.05, 0) is 40.4 Å². The summed E-state index contributed by atoms with van der Waals surface area (Å²) in [5, 5.41) is 0. The summed E-state index contributed by atoms with van der Waals surface area (Å²) in [5.74, 6) is 0. The number of hydrogen-bond acceptors (Lipinski definition) is 2. The van der Waals surface area contributed by atoms with Crippen LogP contribution in [0, 0.1) is 0 Å². The molecule has 0 radical (unpaired) electrons. The second kappa shape index (κ2) is 3.54. The first kappa shape index (κ1) is 8.20. The second-order valence-corrected chi connectivity index (χ2v) is 3.73. The van der Waals surface area contributed by atoms with Crippen LogP contribution in [-0.4, -0.2) is 11.6 Å². The third kappa shape index (κ3) is 1.67. The van der Waals surface area contributed by atoms with E-state index in [0.29, 0.717) is 0 Å². The molecular weight excluding hydrogens is 218 g/mol. The van der Waals surface area contributed by atoms with Crippen LogP contribution in [0.4, 0.5) is 0 Å². The van der Waals surface area contributed by atoms with Gasteiger partial charge in [-0.3, -0.25) is 0 Å². The minimum absolute atomic E-state index is 0.283. The quantitative estimate of drug-likeness (QED) is 0.689. The largest absolute Gasteiger partial charge is 0.373 e. The highest BCUT2D eigenvalue weighted by Gasteiger charge is 2.17. The predicted octanol–water partition coefficient (Wildman–Crippen LogP) is 2.70. The van der Waals surface area contributed by atoms with E-state index in [9.17, 15) is 0 Å². The molecule has 2 heterocycles. The van der Waals surface area contributed by atoms with Gasteiger partial charge in [0.05, 0.1) is 6.10 Å². The molecule has 0 amide bonds. The van der Waals surface area contributed by atoms with E-state index in [1.54, 1.807) is 0 Å². The van der Waals surface area contributed by atoms with Crippen molar-refractivity contribution in [3.8, 4) is 0 Å². The molecule has 1 aliphatic rings. The summed E-state index contributed by atoms with van der Waals surface area (Å²) in [7, 11) is 0. The van der Waals surface area contributed by atoms with E-state index in [0.717, 1.165) is 17.6 Å². The molecule has 0 aliphatic carbocycles. The summed E-state index contributed by atoms with van der Waals surface area (Å²) in [6.07, 6.45) is 4.45. The molecule has 1 aromatic heterocycles. The standard InChI is InChI=1S/C9H10BrNO/c10-9-4-3-7(6-11-9)8-2-1-5-12-8/h3-4,6,8H,1-2,5H2. The minimum atomic E-state index is 0.283. The monoisotopic (exact) mass is 227 g/mol. The van der Waals surface area contributed by atoms with Gasteiger partial charge in [0.1, 0.15) is 4.60 Å². The molecule has 1 aromatic rings. The highest BCUT2D eigenvalue weighted by Crippen LogP contribution is 2.28. The summed E-state index contributed by atoms with van der Waals surface area (Å²) < 4.78 is 6.40. The molecule has 0 bridgehead atoms. The number of pyridine rings is 1. The Bertz CT molecular complexity index is 254. The van der Waals surface area contributed by atoms with Crippen molar-refractivity contribution < 1.29 is 4.74 Å². The fourth-order valence-electron chi connectivity index (χ4n) is 1.42. The van der Waals surface area contributed by atoms with Crippen LogP contribution in [-0.2, 0) is 4.74 Å². The third-order valence-electron chi connectivity index (χ3n) is 2.05. The summed E-state index contributed by atoms with van der Waals surface area (Å²) in [5.41, 5.74) is 1.19. The maximum absolute atomic E-state index is 5.52. The van der Waals surface area contributed by atoms with E-state index >= 15 is 0 Å². The molecule has 1 atom stereocenters. The SMILES string of the molecule is Brc1ccc(C2CCCO2)cn1. The first-order valence-electron chi connectivity index (χ1n) is 4.09. The molecule has 64 valence electrons. The second-order valence-electron chi connectivity index (χ2n) is 2.92. The van der Waals surface area contributed by atoms with Gasteiger partial charge in [-0.25, -0.2) is 4.98 Å².